The van der Waals surface area contributed by atoms with E-state index in [0.717, 1.165) is 6.08 Å². The first-order chi connectivity index (χ1) is 14.2. The van der Waals surface area contributed by atoms with Crippen molar-refractivity contribution in [2.45, 2.75) is 6.10 Å². The van der Waals surface area contributed by atoms with Crippen LogP contribution in [0.1, 0.15) is 0 Å². The second kappa shape index (κ2) is 11.1. The van der Waals surface area contributed by atoms with Crippen molar-refractivity contribution in [3.05, 3.63) is 73.3 Å². The van der Waals surface area contributed by atoms with Gasteiger partial charge in [-0.15, -0.1) is 0 Å². The standard InChI is InChI=1S/C18H20O10P2/c1-2-18(20)24-13-15(19)14-25-30(23,27-17-11-7-4-8-12-17)28-29(21,22)26-16-9-5-3-6-10-16/h2-12,15,19H,1,13-14H2,(H,21,22). The molecule has 0 saturated heterocycles. The van der Waals surface area contributed by atoms with Crippen LogP contribution in [0, 0.1) is 0 Å². The highest BCUT2D eigenvalue weighted by Crippen LogP contribution is 2.62. The third kappa shape index (κ3) is 8.51. The number of aliphatic hydroxyl groups is 1. The highest BCUT2D eigenvalue weighted by molar-refractivity contribution is 7.62. The second-order valence-corrected chi connectivity index (χ2v) is 8.70. The first-order valence-electron chi connectivity index (χ1n) is 8.46. The molecule has 2 aromatic rings. The molecule has 0 aliphatic heterocycles. The smallest absolute Gasteiger partial charge is 0.460 e. The van der Waals surface area contributed by atoms with E-state index in [-0.39, 0.29) is 11.5 Å². The predicted octanol–water partition coefficient (Wildman–Crippen LogP) is 3.48. The Labute approximate surface area is 172 Å². The topological polar surface area (TPSA) is 138 Å². The number of hydrogen-bond acceptors (Lipinski definition) is 9. The number of rotatable bonds is 12. The molecule has 12 heteroatoms. The number of esters is 1. The molecule has 0 saturated carbocycles. The molecule has 0 aliphatic rings. The van der Waals surface area contributed by atoms with E-state index in [4.69, 9.17) is 17.9 Å². The number of phosphoric ester groups is 2. The van der Waals surface area contributed by atoms with Crippen molar-refractivity contribution in [1.29, 1.82) is 0 Å². The maximum absolute atomic E-state index is 13.0. The maximum Gasteiger partial charge on any atom is 0.539 e. The van der Waals surface area contributed by atoms with Crippen LogP contribution >= 0.6 is 15.6 Å². The first-order valence-corrected chi connectivity index (χ1v) is 11.4. The van der Waals surface area contributed by atoms with Gasteiger partial charge in [0, 0.05) is 6.08 Å². The molecule has 0 fully saturated rings. The van der Waals surface area contributed by atoms with Gasteiger partial charge in [0.2, 0.25) is 0 Å². The fourth-order valence-electron chi connectivity index (χ4n) is 1.90. The van der Waals surface area contributed by atoms with Gasteiger partial charge in [-0.25, -0.2) is 13.9 Å². The van der Waals surface area contributed by atoms with Gasteiger partial charge >= 0.3 is 21.6 Å². The number of para-hydroxylation sites is 2. The molecule has 3 atom stereocenters. The van der Waals surface area contributed by atoms with Gasteiger partial charge < -0.3 is 18.9 Å². The molecule has 0 spiro atoms. The van der Waals surface area contributed by atoms with Gasteiger partial charge in [0.05, 0.1) is 6.61 Å². The first kappa shape index (κ1) is 23.8. The predicted molar refractivity (Wildman–Crippen MR) is 106 cm³/mol. The molecule has 2 rings (SSSR count). The van der Waals surface area contributed by atoms with Crippen molar-refractivity contribution in [2.75, 3.05) is 13.2 Å². The van der Waals surface area contributed by atoms with Gasteiger partial charge in [0.25, 0.3) is 0 Å². The van der Waals surface area contributed by atoms with Crippen molar-refractivity contribution >= 4 is 21.6 Å². The Morgan fingerprint density at radius 1 is 0.967 bits per heavy atom. The highest BCUT2D eigenvalue weighted by atomic mass is 31.3. The van der Waals surface area contributed by atoms with Crippen LogP contribution in [0.2, 0.25) is 0 Å². The van der Waals surface area contributed by atoms with Crippen molar-refractivity contribution < 1.29 is 46.5 Å². The van der Waals surface area contributed by atoms with Gasteiger partial charge in [-0.1, -0.05) is 43.0 Å². The third-order valence-corrected chi connectivity index (χ3v) is 6.10. The Morgan fingerprint density at radius 3 is 2.03 bits per heavy atom. The van der Waals surface area contributed by atoms with Gasteiger partial charge in [0.1, 0.15) is 24.2 Å². The molecule has 0 heterocycles. The molecule has 0 aliphatic carbocycles. The summed E-state index contributed by atoms with van der Waals surface area (Å²) in [7, 11) is -9.73. The number of ether oxygens (including phenoxy) is 1. The van der Waals surface area contributed by atoms with Crippen LogP contribution < -0.4 is 9.05 Å². The lowest BCUT2D eigenvalue weighted by Gasteiger charge is -2.21. The molecule has 0 aromatic heterocycles. The van der Waals surface area contributed by atoms with Crippen LogP contribution in [0.3, 0.4) is 0 Å². The van der Waals surface area contributed by atoms with Crippen LogP contribution in [0.25, 0.3) is 0 Å². The molecule has 2 aromatic carbocycles. The van der Waals surface area contributed by atoms with E-state index in [0.29, 0.717) is 0 Å². The summed E-state index contributed by atoms with van der Waals surface area (Å²) in [5.41, 5.74) is 0. The van der Waals surface area contributed by atoms with E-state index < -0.39 is 40.9 Å². The number of hydrogen-bond donors (Lipinski definition) is 2. The zero-order chi connectivity index (χ0) is 22.0. The van der Waals surface area contributed by atoms with Gasteiger partial charge in [-0.2, -0.15) is 4.31 Å². The van der Waals surface area contributed by atoms with Crippen molar-refractivity contribution in [3.63, 3.8) is 0 Å². The van der Waals surface area contributed by atoms with Crippen LogP contribution in [-0.4, -0.2) is 35.3 Å². The third-order valence-electron chi connectivity index (χ3n) is 3.14. The van der Waals surface area contributed by atoms with Crippen molar-refractivity contribution in [2.24, 2.45) is 0 Å². The maximum atomic E-state index is 13.0. The number of phosphoric acid groups is 2. The summed E-state index contributed by atoms with van der Waals surface area (Å²) >= 11 is 0. The zero-order valence-electron chi connectivity index (χ0n) is 15.6. The van der Waals surface area contributed by atoms with Crippen LogP contribution in [0.15, 0.2) is 73.3 Å². The van der Waals surface area contributed by atoms with E-state index in [1.807, 2.05) is 0 Å². The fraction of sp³-hybridized carbons (Fsp3) is 0.167. The van der Waals surface area contributed by atoms with E-state index in [1.54, 1.807) is 36.4 Å². The zero-order valence-corrected chi connectivity index (χ0v) is 17.4. The van der Waals surface area contributed by atoms with Crippen LogP contribution in [-0.2, 0) is 27.5 Å². The van der Waals surface area contributed by atoms with Gasteiger partial charge in [0.15, 0.2) is 0 Å². The minimum Gasteiger partial charge on any atom is -0.460 e. The number of carbonyl (C=O) groups excluding carboxylic acids is 1. The summed E-state index contributed by atoms with van der Waals surface area (Å²) in [6.07, 6.45) is -0.540. The summed E-state index contributed by atoms with van der Waals surface area (Å²) < 4.78 is 49.6. The van der Waals surface area contributed by atoms with Crippen molar-refractivity contribution in [3.8, 4) is 11.5 Å². The van der Waals surface area contributed by atoms with Crippen molar-refractivity contribution in [1.82, 2.24) is 0 Å². The molecule has 162 valence electrons. The lowest BCUT2D eigenvalue weighted by Crippen LogP contribution is -2.23. The SMILES string of the molecule is C=CC(=O)OCC(O)COP(=O)(Oc1ccccc1)OP(=O)(O)Oc1ccccc1. The molecular weight excluding hydrogens is 438 g/mol. The molecule has 0 bridgehead atoms. The minimum atomic E-state index is -4.96. The fourth-order valence-corrected chi connectivity index (χ4v) is 4.54. The number of aliphatic hydroxyl groups excluding tert-OH is 1. The molecular formula is C18H20O10P2. The summed E-state index contributed by atoms with van der Waals surface area (Å²) in [5.74, 6) is -0.802. The molecule has 2 N–H and O–H groups in total. The summed E-state index contributed by atoms with van der Waals surface area (Å²) in [6.45, 7) is 1.99. The summed E-state index contributed by atoms with van der Waals surface area (Å²) in [4.78, 5) is 21.0. The average Bonchev–Trinajstić information content (AvgIpc) is 2.71. The Bertz CT molecular complexity index is 919. The Morgan fingerprint density at radius 2 is 1.50 bits per heavy atom. The number of carbonyl (C=O) groups is 1. The van der Waals surface area contributed by atoms with E-state index >= 15 is 0 Å². The lowest BCUT2D eigenvalue weighted by atomic mass is 10.3. The van der Waals surface area contributed by atoms with Gasteiger partial charge in [-0.3, -0.25) is 9.42 Å². The molecule has 3 unspecified atom stereocenters. The van der Waals surface area contributed by atoms with E-state index in [9.17, 15) is 23.9 Å². The molecule has 0 radical (unpaired) electrons. The van der Waals surface area contributed by atoms with E-state index in [1.165, 1.54) is 24.3 Å². The monoisotopic (exact) mass is 458 g/mol. The lowest BCUT2D eigenvalue weighted by molar-refractivity contribution is -0.141. The molecule has 0 amide bonds. The average molecular weight is 458 g/mol. The van der Waals surface area contributed by atoms with Gasteiger partial charge in [-0.05, 0) is 24.3 Å². The van der Waals surface area contributed by atoms with Crippen LogP contribution in [0.5, 0.6) is 11.5 Å². The quantitative estimate of drug-likeness (QED) is 0.276. The Hall–Kier alpha value is -2.45. The highest BCUT2D eigenvalue weighted by Gasteiger charge is 2.41. The molecule has 10 nitrogen and oxygen atoms in total. The Kier molecular flexibility index (Phi) is 8.80. The summed E-state index contributed by atoms with van der Waals surface area (Å²) in [6, 6.07) is 15.1. The molecule has 30 heavy (non-hydrogen) atoms. The second-order valence-electron chi connectivity index (χ2n) is 5.59. The van der Waals surface area contributed by atoms with E-state index in [2.05, 4.69) is 11.3 Å². The minimum absolute atomic E-state index is 0.00752. The summed E-state index contributed by atoms with van der Waals surface area (Å²) in [5, 5.41) is 9.82. The normalized spacial score (nSPS) is 15.8. The van der Waals surface area contributed by atoms with Crippen LogP contribution in [0.4, 0.5) is 0 Å². The number of benzene rings is 2. The Balaban J connectivity index is 2.10. The largest absolute Gasteiger partial charge is 0.539 e.